The van der Waals surface area contributed by atoms with Crippen LogP contribution in [0.1, 0.15) is 43.6 Å². The van der Waals surface area contributed by atoms with Gasteiger partial charge in [-0.05, 0) is 54.3 Å². The lowest BCUT2D eigenvalue weighted by Crippen LogP contribution is -2.30. The van der Waals surface area contributed by atoms with Gasteiger partial charge in [0.2, 0.25) is 0 Å². The van der Waals surface area contributed by atoms with E-state index in [9.17, 15) is 9.59 Å². The number of esters is 1. The molecular formula is C21H25NO4. The Bertz CT molecular complexity index is 758. The summed E-state index contributed by atoms with van der Waals surface area (Å²) in [4.78, 5) is 24.4. The average Bonchev–Trinajstić information content (AvgIpc) is 2.61. The van der Waals surface area contributed by atoms with Gasteiger partial charge in [0.1, 0.15) is 5.75 Å². The predicted molar refractivity (Wildman–Crippen MR) is 102 cm³/mol. The van der Waals surface area contributed by atoms with Crippen LogP contribution in [0, 0.1) is 0 Å². The summed E-state index contributed by atoms with van der Waals surface area (Å²) in [7, 11) is 1.57. The summed E-state index contributed by atoms with van der Waals surface area (Å²) < 4.78 is 10.3. The molecule has 0 aliphatic heterocycles. The monoisotopic (exact) mass is 355 g/mol. The van der Waals surface area contributed by atoms with E-state index in [1.165, 1.54) is 0 Å². The molecule has 0 heterocycles. The molecule has 0 saturated heterocycles. The minimum Gasteiger partial charge on any atom is -0.497 e. The first-order valence-corrected chi connectivity index (χ1v) is 8.47. The van der Waals surface area contributed by atoms with Gasteiger partial charge in [0.25, 0.3) is 5.91 Å². The number of benzene rings is 2. The molecule has 0 spiro atoms. The van der Waals surface area contributed by atoms with Crippen molar-refractivity contribution in [3.05, 3.63) is 59.7 Å². The van der Waals surface area contributed by atoms with Crippen molar-refractivity contribution in [1.29, 1.82) is 0 Å². The van der Waals surface area contributed by atoms with Gasteiger partial charge in [0.15, 0.2) is 6.10 Å². The molecule has 5 heteroatoms. The van der Waals surface area contributed by atoms with Crippen molar-refractivity contribution in [2.45, 2.75) is 39.2 Å². The van der Waals surface area contributed by atoms with Crippen LogP contribution in [0.3, 0.4) is 0 Å². The van der Waals surface area contributed by atoms with Crippen molar-refractivity contribution in [2.24, 2.45) is 0 Å². The van der Waals surface area contributed by atoms with Crippen LogP contribution in [0.15, 0.2) is 48.5 Å². The van der Waals surface area contributed by atoms with Crippen LogP contribution in [0.25, 0.3) is 0 Å². The van der Waals surface area contributed by atoms with E-state index in [1.807, 2.05) is 12.1 Å². The maximum atomic E-state index is 12.2. The molecule has 2 rings (SSSR count). The SMILES string of the molecule is COc1ccc(NC(=O)[C@H](C)OC(=O)c2ccc(C(C)(C)C)cc2)cc1. The highest BCUT2D eigenvalue weighted by atomic mass is 16.5. The van der Waals surface area contributed by atoms with Crippen molar-refractivity contribution in [3.63, 3.8) is 0 Å². The summed E-state index contributed by atoms with van der Waals surface area (Å²) in [5.74, 6) is -0.223. The van der Waals surface area contributed by atoms with Crippen molar-refractivity contribution >= 4 is 17.6 Å². The first-order chi connectivity index (χ1) is 12.2. The van der Waals surface area contributed by atoms with Gasteiger partial charge < -0.3 is 14.8 Å². The van der Waals surface area contributed by atoms with E-state index in [0.29, 0.717) is 17.0 Å². The molecule has 0 fully saturated rings. The molecule has 2 aromatic carbocycles. The second-order valence-corrected chi connectivity index (χ2v) is 7.09. The second-order valence-electron chi connectivity index (χ2n) is 7.09. The zero-order chi connectivity index (χ0) is 19.3. The lowest BCUT2D eigenvalue weighted by molar-refractivity contribution is -0.123. The number of amides is 1. The van der Waals surface area contributed by atoms with Crippen molar-refractivity contribution in [3.8, 4) is 5.75 Å². The molecule has 1 amide bonds. The van der Waals surface area contributed by atoms with E-state index in [2.05, 4.69) is 26.1 Å². The van der Waals surface area contributed by atoms with Crippen LogP contribution in [0.5, 0.6) is 5.75 Å². The third-order valence-corrected chi connectivity index (χ3v) is 4.00. The molecule has 0 radical (unpaired) electrons. The van der Waals surface area contributed by atoms with Gasteiger partial charge in [0.05, 0.1) is 12.7 Å². The van der Waals surface area contributed by atoms with Crippen molar-refractivity contribution in [2.75, 3.05) is 12.4 Å². The predicted octanol–water partition coefficient (Wildman–Crippen LogP) is 4.18. The van der Waals surface area contributed by atoms with Crippen molar-refractivity contribution in [1.82, 2.24) is 0 Å². The van der Waals surface area contributed by atoms with E-state index in [4.69, 9.17) is 9.47 Å². The maximum Gasteiger partial charge on any atom is 0.338 e. The molecule has 138 valence electrons. The van der Waals surface area contributed by atoms with E-state index < -0.39 is 18.0 Å². The Kier molecular flexibility index (Phi) is 6.03. The highest BCUT2D eigenvalue weighted by Crippen LogP contribution is 2.22. The van der Waals surface area contributed by atoms with Gasteiger partial charge in [-0.15, -0.1) is 0 Å². The van der Waals surface area contributed by atoms with Gasteiger partial charge in [-0.2, -0.15) is 0 Å². The molecule has 0 aromatic heterocycles. The molecule has 2 aromatic rings. The lowest BCUT2D eigenvalue weighted by Gasteiger charge is -2.19. The fourth-order valence-electron chi connectivity index (χ4n) is 2.31. The molecule has 1 N–H and O–H groups in total. The van der Waals surface area contributed by atoms with Gasteiger partial charge in [-0.1, -0.05) is 32.9 Å². The van der Waals surface area contributed by atoms with Gasteiger partial charge in [-0.25, -0.2) is 4.79 Å². The van der Waals surface area contributed by atoms with Gasteiger partial charge in [-0.3, -0.25) is 4.79 Å². The van der Waals surface area contributed by atoms with Crippen LogP contribution in [-0.4, -0.2) is 25.1 Å². The number of ether oxygens (including phenoxy) is 2. The largest absolute Gasteiger partial charge is 0.497 e. The van der Waals surface area contributed by atoms with Crippen LogP contribution in [0.2, 0.25) is 0 Å². The standard InChI is InChI=1S/C21H25NO4/c1-14(19(23)22-17-10-12-18(25-5)13-11-17)26-20(24)15-6-8-16(9-7-15)21(2,3)4/h6-14H,1-5H3,(H,22,23)/t14-/m0/s1. The first-order valence-electron chi connectivity index (χ1n) is 8.47. The molecule has 0 aliphatic rings. The maximum absolute atomic E-state index is 12.2. The molecule has 0 aliphatic carbocycles. The zero-order valence-corrected chi connectivity index (χ0v) is 15.8. The molecule has 0 unspecified atom stereocenters. The summed E-state index contributed by atoms with van der Waals surface area (Å²) in [5.41, 5.74) is 2.16. The third-order valence-electron chi connectivity index (χ3n) is 4.00. The van der Waals surface area contributed by atoms with Gasteiger partial charge in [0, 0.05) is 5.69 Å². The number of hydrogen-bond acceptors (Lipinski definition) is 4. The Morgan fingerprint density at radius 2 is 1.54 bits per heavy atom. The number of anilines is 1. The quantitative estimate of drug-likeness (QED) is 0.817. The van der Waals surface area contributed by atoms with Crippen molar-refractivity contribution < 1.29 is 19.1 Å². The molecule has 0 bridgehead atoms. The number of carbonyl (C=O) groups excluding carboxylic acids is 2. The van der Waals surface area contributed by atoms with E-state index in [0.717, 1.165) is 5.56 Å². The fraction of sp³-hybridized carbons (Fsp3) is 0.333. The highest BCUT2D eigenvalue weighted by molar-refractivity contribution is 5.97. The Morgan fingerprint density at radius 1 is 0.962 bits per heavy atom. The molecular weight excluding hydrogens is 330 g/mol. The molecule has 0 saturated carbocycles. The Labute approximate surface area is 154 Å². The first kappa shape index (κ1) is 19.5. The van der Waals surface area contributed by atoms with Crippen LogP contribution in [0.4, 0.5) is 5.69 Å². The smallest absolute Gasteiger partial charge is 0.338 e. The average molecular weight is 355 g/mol. The Hall–Kier alpha value is -2.82. The third kappa shape index (κ3) is 5.09. The van der Waals surface area contributed by atoms with E-state index >= 15 is 0 Å². The Balaban J connectivity index is 1.95. The number of nitrogens with one attached hydrogen (secondary N) is 1. The molecule has 1 atom stereocenters. The normalized spacial score (nSPS) is 12.2. The number of carbonyl (C=O) groups is 2. The number of rotatable bonds is 5. The lowest BCUT2D eigenvalue weighted by atomic mass is 9.87. The summed E-state index contributed by atoms with van der Waals surface area (Å²) in [6, 6.07) is 14.2. The number of methoxy groups -OCH3 is 1. The van der Waals surface area contributed by atoms with Crippen LogP contribution in [-0.2, 0) is 14.9 Å². The summed E-state index contributed by atoms with van der Waals surface area (Å²) in [6.45, 7) is 7.85. The van der Waals surface area contributed by atoms with Crippen LogP contribution < -0.4 is 10.1 Å². The zero-order valence-electron chi connectivity index (χ0n) is 15.8. The molecule has 5 nitrogen and oxygen atoms in total. The fourth-order valence-corrected chi connectivity index (χ4v) is 2.31. The summed E-state index contributed by atoms with van der Waals surface area (Å²) in [6.07, 6.45) is -0.910. The summed E-state index contributed by atoms with van der Waals surface area (Å²) >= 11 is 0. The minimum absolute atomic E-state index is 0.00791. The highest BCUT2D eigenvalue weighted by Gasteiger charge is 2.20. The topological polar surface area (TPSA) is 64.6 Å². The van der Waals surface area contributed by atoms with E-state index in [1.54, 1.807) is 50.4 Å². The Morgan fingerprint density at radius 3 is 2.04 bits per heavy atom. The summed E-state index contributed by atoms with van der Waals surface area (Å²) in [5, 5.41) is 2.71. The number of hydrogen-bond donors (Lipinski definition) is 1. The van der Waals surface area contributed by atoms with Crippen LogP contribution >= 0.6 is 0 Å². The van der Waals surface area contributed by atoms with Gasteiger partial charge >= 0.3 is 5.97 Å². The second kappa shape index (κ2) is 8.04. The minimum atomic E-state index is -0.910. The molecule has 26 heavy (non-hydrogen) atoms. The van der Waals surface area contributed by atoms with E-state index in [-0.39, 0.29) is 5.41 Å².